The third-order valence-electron chi connectivity index (χ3n) is 5.75. The number of carbonyl (C=O) groups is 1. The van der Waals surface area contributed by atoms with E-state index >= 15 is 0 Å². The van der Waals surface area contributed by atoms with E-state index in [4.69, 9.17) is 4.74 Å². The van der Waals surface area contributed by atoms with Gasteiger partial charge in [0, 0.05) is 49.5 Å². The van der Waals surface area contributed by atoms with Gasteiger partial charge >= 0.3 is 6.03 Å². The van der Waals surface area contributed by atoms with Crippen LogP contribution in [0.4, 0.5) is 16.3 Å². The Morgan fingerprint density at radius 1 is 1.28 bits per heavy atom. The van der Waals surface area contributed by atoms with Gasteiger partial charge in [-0.3, -0.25) is 5.10 Å². The summed E-state index contributed by atoms with van der Waals surface area (Å²) in [6.07, 6.45) is 2.71. The molecule has 0 spiro atoms. The quantitative estimate of drug-likeness (QED) is 0.776. The van der Waals surface area contributed by atoms with Gasteiger partial charge in [0.15, 0.2) is 5.82 Å². The summed E-state index contributed by atoms with van der Waals surface area (Å²) in [6.45, 7) is 9.60. The Bertz CT molecular complexity index is 851. The second kappa shape index (κ2) is 8.45. The van der Waals surface area contributed by atoms with Crippen LogP contribution in [0.1, 0.15) is 49.4 Å². The topological polar surface area (TPSA) is 73.5 Å². The number of piperazine rings is 1. The molecule has 2 aliphatic rings. The van der Waals surface area contributed by atoms with Crippen molar-refractivity contribution in [2.45, 2.75) is 52.2 Å². The number of anilines is 2. The van der Waals surface area contributed by atoms with Crippen LogP contribution in [0.25, 0.3) is 0 Å². The number of carbonyl (C=O) groups excluding carboxylic acids is 1. The molecule has 2 amide bonds. The molecule has 156 valence electrons. The molecule has 7 heteroatoms. The van der Waals surface area contributed by atoms with Gasteiger partial charge in [-0.2, -0.15) is 5.10 Å². The molecule has 7 nitrogen and oxygen atoms in total. The van der Waals surface area contributed by atoms with Crippen LogP contribution >= 0.6 is 0 Å². The number of rotatable bonds is 6. The summed E-state index contributed by atoms with van der Waals surface area (Å²) in [7, 11) is 0. The lowest BCUT2D eigenvalue weighted by atomic mass is 10.1. The Morgan fingerprint density at radius 3 is 2.72 bits per heavy atom. The highest BCUT2D eigenvalue weighted by atomic mass is 16.5. The largest absolute Gasteiger partial charge is 0.374 e. The maximum atomic E-state index is 12.8. The van der Waals surface area contributed by atoms with Gasteiger partial charge in [-0.05, 0) is 50.8 Å². The van der Waals surface area contributed by atoms with E-state index in [1.807, 2.05) is 43.9 Å². The summed E-state index contributed by atoms with van der Waals surface area (Å²) >= 11 is 0. The normalized spacial score (nSPS) is 17.1. The highest BCUT2D eigenvalue weighted by molar-refractivity contribution is 5.90. The van der Waals surface area contributed by atoms with Crippen molar-refractivity contribution in [2.24, 2.45) is 0 Å². The highest BCUT2D eigenvalue weighted by Gasteiger charge is 2.28. The monoisotopic (exact) mass is 397 g/mol. The minimum Gasteiger partial charge on any atom is -0.374 e. The van der Waals surface area contributed by atoms with E-state index in [1.165, 1.54) is 18.5 Å². The molecule has 0 atom stereocenters. The minimum atomic E-state index is -0.0459. The first-order valence-electron chi connectivity index (χ1n) is 10.6. The minimum absolute atomic E-state index is 0.0459. The molecule has 1 aliphatic heterocycles. The third kappa shape index (κ3) is 4.72. The third-order valence-corrected chi connectivity index (χ3v) is 5.75. The van der Waals surface area contributed by atoms with Crippen LogP contribution in [0.3, 0.4) is 0 Å². The van der Waals surface area contributed by atoms with E-state index in [0.29, 0.717) is 25.6 Å². The molecular formula is C22H31N5O2. The van der Waals surface area contributed by atoms with Crippen molar-refractivity contribution in [1.82, 2.24) is 15.1 Å². The number of nitrogens with zero attached hydrogens (tertiary/aromatic N) is 3. The molecule has 1 aromatic carbocycles. The van der Waals surface area contributed by atoms with Crippen molar-refractivity contribution in [3.63, 3.8) is 0 Å². The van der Waals surface area contributed by atoms with Crippen LogP contribution in [-0.4, -0.2) is 53.4 Å². The van der Waals surface area contributed by atoms with Gasteiger partial charge in [-0.25, -0.2) is 4.79 Å². The average molecular weight is 398 g/mol. The number of aromatic nitrogens is 2. The maximum Gasteiger partial charge on any atom is 0.321 e. The molecule has 2 heterocycles. The van der Waals surface area contributed by atoms with Gasteiger partial charge in [0.25, 0.3) is 0 Å². The second-order valence-electron chi connectivity index (χ2n) is 8.31. The van der Waals surface area contributed by atoms with E-state index < -0.39 is 0 Å². The van der Waals surface area contributed by atoms with Crippen LogP contribution < -0.4 is 10.2 Å². The molecule has 1 aliphatic carbocycles. The van der Waals surface area contributed by atoms with Crippen molar-refractivity contribution in [3.8, 4) is 0 Å². The van der Waals surface area contributed by atoms with E-state index in [0.717, 1.165) is 35.7 Å². The fourth-order valence-corrected chi connectivity index (χ4v) is 3.66. The molecule has 2 fully saturated rings. The van der Waals surface area contributed by atoms with Crippen molar-refractivity contribution < 1.29 is 9.53 Å². The fraction of sp³-hybridized carbons (Fsp3) is 0.545. The standard InChI is InChI=1S/C22H31N5O2/c1-15(2)29-14-18-5-4-6-19(16(18)3)23-22(28)27-11-9-26(10-12-27)21-13-20(24-25-21)17-7-8-17/h4-6,13,15,17H,7-12,14H2,1-3H3,(H,23,28)(H,24,25). The molecule has 0 bridgehead atoms. The van der Waals surface area contributed by atoms with Crippen LogP contribution in [-0.2, 0) is 11.3 Å². The summed E-state index contributed by atoms with van der Waals surface area (Å²) < 4.78 is 5.72. The Morgan fingerprint density at radius 2 is 2.03 bits per heavy atom. The zero-order valence-electron chi connectivity index (χ0n) is 17.6. The fourth-order valence-electron chi connectivity index (χ4n) is 3.66. The predicted molar refractivity (Wildman–Crippen MR) is 114 cm³/mol. The smallest absolute Gasteiger partial charge is 0.321 e. The predicted octanol–water partition coefficient (Wildman–Crippen LogP) is 3.87. The number of hydrogen-bond donors (Lipinski definition) is 2. The lowest BCUT2D eigenvalue weighted by molar-refractivity contribution is 0.0654. The molecule has 1 aromatic heterocycles. The number of H-pyrrole nitrogens is 1. The van der Waals surface area contributed by atoms with E-state index in [1.54, 1.807) is 0 Å². The van der Waals surface area contributed by atoms with Gasteiger partial charge in [-0.1, -0.05) is 12.1 Å². The molecule has 29 heavy (non-hydrogen) atoms. The van der Waals surface area contributed by atoms with Crippen molar-refractivity contribution in [2.75, 3.05) is 36.4 Å². The number of aromatic amines is 1. The summed E-state index contributed by atoms with van der Waals surface area (Å²) in [4.78, 5) is 16.9. The van der Waals surface area contributed by atoms with Gasteiger partial charge in [0.2, 0.25) is 0 Å². The van der Waals surface area contributed by atoms with Crippen LogP contribution in [0, 0.1) is 6.92 Å². The van der Waals surface area contributed by atoms with Gasteiger partial charge in [0.05, 0.1) is 12.7 Å². The van der Waals surface area contributed by atoms with Gasteiger partial charge < -0.3 is 19.9 Å². The number of benzene rings is 1. The van der Waals surface area contributed by atoms with Gasteiger partial charge in [-0.15, -0.1) is 0 Å². The van der Waals surface area contributed by atoms with Crippen LogP contribution in [0.2, 0.25) is 0 Å². The van der Waals surface area contributed by atoms with Crippen molar-refractivity contribution in [1.29, 1.82) is 0 Å². The Labute approximate surface area is 172 Å². The summed E-state index contributed by atoms with van der Waals surface area (Å²) in [5.41, 5.74) is 4.26. The molecule has 2 N–H and O–H groups in total. The first kappa shape index (κ1) is 19.8. The average Bonchev–Trinajstić information content (AvgIpc) is 3.45. The molecular weight excluding hydrogens is 366 g/mol. The number of nitrogens with one attached hydrogen (secondary N) is 2. The number of hydrogen-bond acceptors (Lipinski definition) is 4. The summed E-state index contributed by atoms with van der Waals surface area (Å²) in [6, 6.07) is 8.09. The molecule has 4 rings (SSSR count). The number of amides is 2. The highest BCUT2D eigenvalue weighted by Crippen LogP contribution is 2.39. The second-order valence-corrected chi connectivity index (χ2v) is 8.31. The lowest BCUT2D eigenvalue weighted by Crippen LogP contribution is -2.50. The van der Waals surface area contributed by atoms with Crippen molar-refractivity contribution >= 4 is 17.5 Å². The van der Waals surface area contributed by atoms with E-state index in [9.17, 15) is 4.79 Å². The zero-order chi connectivity index (χ0) is 20.4. The maximum absolute atomic E-state index is 12.8. The molecule has 0 unspecified atom stereocenters. The molecule has 2 aromatic rings. The Balaban J connectivity index is 1.32. The zero-order valence-corrected chi connectivity index (χ0v) is 17.6. The summed E-state index contributed by atoms with van der Waals surface area (Å²) in [5, 5.41) is 10.7. The van der Waals surface area contributed by atoms with Crippen molar-refractivity contribution in [3.05, 3.63) is 41.1 Å². The van der Waals surface area contributed by atoms with Gasteiger partial charge in [0.1, 0.15) is 0 Å². The molecule has 1 saturated carbocycles. The van der Waals surface area contributed by atoms with E-state index in [-0.39, 0.29) is 12.1 Å². The summed E-state index contributed by atoms with van der Waals surface area (Å²) in [5.74, 6) is 1.67. The molecule has 1 saturated heterocycles. The van der Waals surface area contributed by atoms with Crippen LogP contribution in [0.5, 0.6) is 0 Å². The lowest BCUT2D eigenvalue weighted by Gasteiger charge is -2.34. The molecule has 0 radical (unpaired) electrons. The first-order chi connectivity index (χ1) is 14.0. The number of ether oxygens (including phenoxy) is 1. The van der Waals surface area contributed by atoms with E-state index in [2.05, 4.69) is 26.5 Å². The number of urea groups is 1. The Kier molecular flexibility index (Phi) is 5.76. The van der Waals surface area contributed by atoms with Crippen LogP contribution in [0.15, 0.2) is 24.3 Å². The SMILES string of the molecule is Cc1c(COC(C)C)cccc1NC(=O)N1CCN(c2cc(C3CC3)[nH]n2)CC1. The Hall–Kier alpha value is -2.54. The first-order valence-corrected chi connectivity index (χ1v) is 10.6.